The normalized spacial score (nSPS) is 16.0. The molecule has 7 nitrogen and oxygen atoms in total. The quantitative estimate of drug-likeness (QED) is 0.0392. The third kappa shape index (κ3) is 26.9. The van der Waals surface area contributed by atoms with Gasteiger partial charge in [0.15, 0.2) is 0 Å². The zero-order chi connectivity index (χ0) is 34.4. The van der Waals surface area contributed by atoms with Crippen LogP contribution in [0.2, 0.25) is 0 Å². The highest BCUT2D eigenvalue weighted by atomic mass is 16.5. The Bertz CT molecular complexity index is 724. The molecule has 7 heteroatoms. The van der Waals surface area contributed by atoms with Gasteiger partial charge in [0.2, 0.25) is 0 Å². The Balaban J connectivity index is 2.23. The van der Waals surface area contributed by atoms with E-state index < -0.39 is 0 Å². The van der Waals surface area contributed by atoms with E-state index in [4.69, 9.17) is 14.2 Å². The van der Waals surface area contributed by atoms with Crippen LogP contribution in [0.4, 0.5) is 0 Å². The summed E-state index contributed by atoms with van der Waals surface area (Å²) < 4.78 is 16.8. The number of hydrogen-bond acceptors (Lipinski definition) is 7. The zero-order valence-electron chi connectivity index (χ0n) is 31.3. The van der Waals surface area contributed by atoms with Gasteiger partial charge in [0, 0.05) is 25.8 Å². The molecule has 1 aliphatic rings. The van der Waals surface area contributed by atoms with Crippen LogP contribution in [0.3, 0.4) is 0 Å². The average molecular weight is 666 g/mol. The number of nitrogens with zero attached hydrogens (tertiary/aromatic N) is 1. The summed E-state index contributed by atoms with van der Waals surface area (Å²) in [6, 6.07) is 0. The van der Waals surface area contributed by atoms with Gasteiger partial charge < -0.3 is 19.1 Å². The van der Waals surface area contributed by atoms with Crippen molar-refractivity contribution < 1.29 is 28.6 Å². The number of carbonyl (C=O) groups excluding carboxylic acids is 3. The van der Waals surface area contributed by atoms with Gasteiger partial charge in [-0.2, -0.15) is 0 Å². The van der Waals surface area contributed by atoms with Gasteiger partial charge >= 0.3 is 17.9 Å². The number of rotatable bonds is 33. The fourth-order valence-corrected chi connectivity index (χ4v) is 6.71. The monoisotopic (exact) mass is 666 g/mol. The van der Waals surface area contributed by atoms with Crippen molar-refractivity contribution in [1.82, 2.24) is 4.90 Å². The fraction of sp³-hybridized carbons (Fsp3) is 0.925. The highest BCUT2D eigenvalue weighted by Gasteiger charge is 2.31. The van der Waals surface area contributed by atoms with Crippen molar-refractivity contribution in [3.8, 4) is 0 Å². The second kappa shape index (κ2) is 30.4. The minimum absolute atomic E-state index is 0.000225. The predicted molar refractivity (Wildman–Crippen MR) is 193 cm³/mol. The van der Waals surface area contributed by atoms with Gasteiger partial charge in [-0.25, -0.2) is 0 Å². The Kier molecular flexibility index (Phi) is 28.1. The molecular formula is C40H75NO6. The molecule has 0 aromatic carbocycles. The lowest BCUT2D eigenvalue weighted by Crippen LogP contribution is -2.34. The van der Waals surface area contributed by atoms with Crippen LogP contribution >= 0.6 is 0 Å². The van der Waals surface area contributed by atoms with Crippen LogP contribution in [0.5, 0.6) is 0 Å². The first-order valence-electron chi connectivity index (χ1n) is 20.0. The molecule has 0 unspecified atom stereocenters. The highest BCUT2D eigenvalue weighted by Crippen LogP contribution is 2.36. The molecule has 0 radical (unpaired) electrons. The van der Waals surface area contributed by atoms with E-state index in [0.29, 0.717) is 44.3 Å². The maximum atomic E-state index is 12.8. The van der Waals surface area contributed by atoms with Gasteiger partial charge in [-0.3, -0.25) is 14.4 Å². The summed E-state index contributed by atoms with van der Waals surface area (Å²) in [6.07, 6.45) is 27.7. The molecule has 1 aliphatic carbocycles. The first kappa shape index (κ1) is 43.4. The lowest BCUT2D eigenvalue weighted by molar-refractivity contribution is -0.152. The van der Waals surface area contributed by atoms with Gasteiger partial charge in [0.1, 0.15) is 6.10 Å². The number of hydrogen-bond donors (Lipinski definition) is 0. The maximum absolute atomic E-state index is 12.8. The smallest absolute Gasteiger partial charge is 0.306 e. The topological polar surface area (TPSA) is 82.1 Å². The van der Waals surface area contributed by atoms with Crippen LogP contribution in [-0.4, -0.2) is 62.8 Å². The molecule has 47 heavy (non-hydrogen) atoms. The van der Waals surface area contributed by atoms with Gasteiger partial charge in [0.05, 0.1) is 13.2 Å². The van der Waals surface area contributed by atoms with Gasteiger partial charge in [-0.05, 0) is 90.1 Å². The second-order valence-corrected chi connectivity index (χ2v) is 14.7. The molecule has 0 bridgehead atoms. The van der Waals surface area contributed by atoms with E-state index in [1.807, 2.05) is 0 Å². The van der Waals surface area contributed by atoms with Crippen LogP contribution in [0, 0.1) is 11.8 Å². The van der Waals surface area contributed by atoms with Crippen LogP contribution in [0.25, 0.3) is 0 Å². The van der Waals surface area contributed by atoms with E-state index in [-0.39, 0.29) is 24.0 Å². The third-order valence-electron chi connectivity index (χ3n) is 9.55. The van der Waals surface area contributed by atoms with E-state index in [0.717, 1.165) is 122 Å². The maximum Gasteiger partial charge on any atom is 0.306 e. The molecule has 0 spiro atoms. The first-order chi connectivity index (χ1) is 22.8. The van der Waals surface area contributed by atoms with E-state index in [1.54, 1.807) is 0 Å². The molecule has 0 heterocycles. The van der Waals surface area contributed by atoms with Gasteiger partial charge in [0.25, 0.3) is 0 Å². The minimum atomic E-state index is -0.0555. The number of ether oxygens (including phenoxy) is 3. The molecule has 1 fully saturated rings. The van der Waals surface area contributed by atoms with Crippen molar-refractivity contribution in [2.45, 2.75) is 193 Å². The van der Waals surface area contributed by atoms with Gasteiger partial charge in [-0.1, -0.05) is 104 Å². The lowest BCUT2D eigenvalue weighted by Gasteiger charge is -2.36. The summed E-state index contributed by atoms with van der Waals surface area (Å²) in [6.45, 7) is 6.64. The van der Waals surface area contributed by atoms with Crippen molar-refractivity contribution in [1.29, 1.82) is 0 Å². The summed E-state index contributed by atoms with van der Waals surface area (Å²) in [5, 5.41) is 0. The molecule has 0 saturated heterocycles. The molecule has 0 aliphatic heterocycles. The Morgan fingerprint density at radius 3 is 1.45 bits per heavy atom. The molecule has 0 atom stereocenters. The van der Waals surface area contributed by atoms with Crippen LogP contribution < -0.4 is 0 Å². The third-order valence-corrected chi connectivity index (χ3v) is 9.55. The Morgan fingerprint density at radius 1 is 0.553 bits per heavy atom. The first-order valence-corrected chi connectivity index (χ1v) is 20.0. The van der Waals surface area contributed by atoms with Crippen LogP contribution in [0.15, 0.2) is 0 Å². The molecular weight excluding hydrogens is 590 g/mol. The fourth-order valence-electron chi connectivity index (χ4n) is 6.71. The molecule has 0 aromatic heterocycles. The summed E-state index contributed by atoms with van der Waals surface area (Å²) in [7, 11) is 4.23. The Morgan fingerprint density at radius 2 is 0.979 bits per heavy atom. The Hall–Kier alpha value is -1.63. The second-order valence-electron chi connectivity index (χ2n) is 14.7. The SMILES string of the molecule is CCCCCCCOC(=O)CCCCCCCC(CCCCCCCC(=O)OCCCCCCC)OC(=O)CC1CC(CN(C)C)C1. The number of unbranched alkanes of at least 4 members (excludes halogenated alkanes) is 16. The van der Waals surface area contributed by atoms with E-state index in [9.17, 15) is 14.4 Å². The van der Waals surface area contributed by atoms with Crippen molar-refractivity contribution >= 4 is 17.9 Å². The molecule has 276 valence electrons. The van der Waals surface area contributed by atoms with E-state index in [1.165, 1.54) is 38.5 Å². The summed E-state index contributed by atoms with van der Waals surface area (Å²) >= 11 is 0. The number of esters is 3. The lowest BCUT2D eigenvalue weighted by atomic mass is 9.73. The van der Waals surface area contributed by atoms with Crippen LogP contribution in [-0.2, 0) is 28.6 Å². The summed E-state index contributed by atoms with van der Waals surface area (Å²) in [5.41, 5.74) is 0. The number of carbonyl (C=O) groups is 3. The zero-order valence-corrected chi connectivity index (χ0v) is 31.3. The highest BCUT2D eigenvalue weighted by molar-refractivity contribution is 5.70. The Labute approximate surface area is 290 Å². The molecule has 0 N–H and O–H groups in total. The van der Waals surface area contributed by atoms with Crippen LogP contribution in [0.1, 0.15) is 187 Å². The predicted octanol–water partition coefficient (Wildman–Crippen LogP) is 10.4. The van der Waals surface area contributed by atoms with Crippen molar-refractivity contribution in [3.05, 3.63) is 0 Å². The van der Waals surface area contributed by atoms with Crippen molar-refractivity contribution in [2.75, 3.05) is 33.9 Å². The minimum Gasteiger partial charge on any atom is -0.466 e. The van der Waals surface area contributed by atoms with Gasteiger partial charge in [-0.15, -0.1) is 0 Å². The molecule has 0 amide bonds. The van der Waals surface area contributed by atoms with E-state index in [2.05, 4.69) is 32.8 Å². The molecule has 1 saturated carbocycles. The van der Waals surface area contributed by atoms with E-state index >= 15 is 0 Å². The molecule has 1 rings (SSSR count). The van der Waals surface area contributed by atoms with Crippen molar-refractivity contribution in [2.24, 2.45) is 11.8 Å². The standard InChI is InChI=1S/C40H75NO6/c1-5-7-9-17-23-29-45-38(42)27-21-15-11-13-19-25-37(47-40(44)33-35-31-36(32-35)34-41(3)4)26-20-14-12-16-22-28-39(43)46-30-24-18-10-8-6-2/h35-37H,5-34H2,1-4H3. The summed E-state index contributed by atoms with van der Waals surface area (Å²) in [5.74, 6) is 1.07. The molecule has 0 aromatic rings. The summed E-state index contributed by atoms with van der Waals surface area (Å²) in [4.78, 5) is 39.0. The average Bonchev–Trinajstić information content (AvgIpc) is 3.02. The largest absolute Gasteiger partial charge is 0.466 e. The van der Waals surface area contributed by atoms with Crippen molar-refractivity contribution in [3.63, 3.8) is 0 Å².